The highest BCUT2D eigenvalue weighted by atomic mass is 32.2. The van der Waals surface area contributed by atoms with E-state index in [2.05, 4.69) is 5.32 Å². The third-order valence-corrected chi connectivity index (χ3v) is 5.59. The van der Waals surface area contributed by atoms with Gasteiger partial charge in [-0.1, -0.05) is 6.92 Å². The van der Waals surface area contributed by atoms with Crippen LogP contribution < -0.4 is 5.32 Å². The molecule has 0 aromatic rings. The maximum atomic E-state index is 11.3. The largest absolute Gasteiger partial charge is 0.316 e. The molecule has 84 valence electrons. The van der Waals surface area contributed by atoms with E-state index in [1.54, 1.807) is 11.8 Å². The van der Waals surface area contributed by atoms with Crippen molar-refractivity contribution in [3.05, 3.63) is 0 Å². The number of rotatable bonds is 7. The molecule has 0 saturated carbocycles. The third-order valence-electron chi connectivity index (χ3n) is 2.27. The Labute approximate surface area is 91.0 Å². The molecule has 1 rings (SSSR count). The van der Waals surface area contributed by atoms with E-state index in [0.717, 1.165) is 36.9 Å². The van der Waals surface area contributed by atoms with E-state index >= 15 is 0 Å². The highest BCUT2D eigenvalue weighted by molar-refractivity contribution is 8.00. The molecule has 1 saturated heterocycles. The highest BCUT2D eigenvalue weighted by Crippen LogP contribution is 2.12. The van der Waals surface area contributed by atoms with Gasteiger partial charge in [-0.05, 0) is 31.2 Å². The molecule has 0 bridgehead atoms. The molecular formula is C9H19NO2S2. The van der Waals surface area contributed by atoms with Gasteiger partial charge in [0.25, 0.3) is 0 Å². The van der Waals surface area contributed by atoms with Gasteiger partial charge in [-0.15, -0.1) is 0 Å². The number of hydrogen-bond acceptors (Lipinski definition) is 4. The van der Waals surface area contributed by atoms with E-state index < -0.39 is 9.84 Å². The Kier molecular flexibility index (Phi) is 5.26. The molecule has 14 heavy (non-hydrogen) atoms. The Balaban J connectivity index is 2.02. The summed E-state index contributed by atoms with van der Waals surface area (Å²) < 4.78 is 22.7. The second-order valence-corrected chi connectivity index (χ2v) is 7.20. The Morgan fingerprint density at radius 1 is 1.36 bits per heavy atom. The SMILES string of the molecule is CCCS(=O)(=O)CCSCC1CNC1. The van der Waals surface area contributed by atoms with Crippen LogP contribution in [0.2, 0.25) is 0 Å². The summed E-state index contributed by atoms with van der Waals surface area (Å²) in [5, 5.41) is 3.21. The van der Waals surface area contributed by atoms with Crippen LogP contribution in [0.1, 0.15) is 13.3 Å². The smallest absolute Gasteiger partial charge is 0.151 e. The van der Waals surface area contributed by atoms with E-state index in [1.165, 1.54) is 0 Å². The van der Waals surface area contributed by atoms with Crippen molar-refractivity contribution < 1.29 is 8.42 Å². The van der Waals surface area contributed by atoms with Crippen LogP contribution in [-0.4, -0.2) is 44.5 Å². The van der Waals surface area contributed by atoms with Crippen molar-refractivity contribution in [2.75, 3.05) is 36.1 Å². The second kappa shape index (κ2) is 5.98. The van der Waals surface area contributed by atoms with Crippen molar-refractivity contribution in [1.29, 1.82) is 0 Å². The summed E-state index contributed by atoms with van der Waals surface area (Å²) in [4.78, 5) is 0. The lowest BCUT2D eigenvalue weighted by Crippen LogP contribution is -2.43. The first-order valence-electron chi connectivity index (χ1n) is 5.13. The summed E-state index contributed by atoms with van der Waals surface area (Å²) in [6, 6.07) is 0. The van der Waals surface area contributed by atoms with Crippen molar-refractivity contribution in [3.8, 4) is 0 Å². The molecule has 0 amide bonds. The standard InChI is InChI=1S/C9H19NO2S2/c1-2-4-14(11,12)5-3-13-8-9-6-10-7-9/h9-10H,2-8H2,1H3. The van der Waals surface area contributed by atoms with E-state index in [4.69, 9.17) is 0 Å². The fourth-order valence-electron chi connectivity index (χ4n) is 1.32. The van der Waals surface area contributed by atoms with Gasteiger partial charge >= 0.3 is 0 Å². The van der Waals surface area contributed by atoms with Crippen molar-refractivity contribution in [2.45, 2.75) is 13.3 Å². The summed E-state index contributed by atoms with van der Waals surface area (Å²) in [6.45, 7) is 4.12. The zero-order valence-electron chi connectivity index (χ0n) is 8.66. The minimum atomic E-state index is -2.75. The normalized spacial score (nSPS) is 18.1. The van der Waals surface area contributed by atoms with Crippen molar-refractivity contribution in [3.63, 3.8) is 0 Å². The predicted octanol–water partition coefficient (Wildman–Crippen LogP) is 0.764. The average molecular weight is 237 g/mol. The summed E-state index contributed by atoms with van der Waals surface area (Å²) in [6.07, 6.45) is 0.736. The van der Waals surface area contributed by atoms with Crippen LogP contribution in [0.3, 0.4) is 0 Å². The Morgan fingerprint density at radius 3 is 2.57 bits per heavy atom. The van der Waals surface area contributed by atoms with Crippen molar-refractivity contribution in [2.24, 2.45) is 5.92 Å². The zero-order chi connectivity index (χ0) is 10.4. The lowest BCUT2D eigenvalue weighted by Gasteiger charge is -2.26. The fraction of sp³-hybridized carbons (Fsp3) is 1.00. The van der Waals surface area contributed by atoms with Crippen LogP contribution in [0.15, 0.2) is 0 Å². The van der Waals surface area contributed by atoms with Gasteiger partial charge in [0.15, 0.2) is 9.84 Å². The Hall–Kier alpha value is 0.260. The molecule has 0 radical (unpaired) electrons. The van der Waals surface area contributed by atoms with E-state index in [0.29, 0.717) is 11.5 Å². The van der Waals surface area contributed by atoms with Gasteiger partial charge in [0, 0.05) is 11.5 Å². The van der Waals surface area contributed by atoms with E-state index in [1.807, 2.05) is 6.92 Å². The molecule has 0 aliphatic carbocycles. The number of sulfone groups is 1. The molecule has 0 unspecified atom stereocenters. The molecular weight excluding hydrogens is 218 g/mol. The Morgan fingerprint density at radius 2 is 2.07 bits per heavy atom. The third kappa shape index (κ3) is 4.66. The highest BCUT2D eigenvalue weighted by Gasteiger charge is 2.16. The van der Waals surface area contributed by atoms with Gasteiger partial charge in [-0.3, -0.25) is 0 Å². The lowest BCUT2D eigenvalue weighted by molar-refractivity contribution is 0.385. The van der Waals surface area contributed by atoms with Gasteiger partial charge in [-0.25, -0.2) is 8.42 Å². The molecule has 0 atom stereocenters. The number of nitrogens with one attached hydrogen (secondary N) is 1. The molecule has 0 spiro atoms. The summed E-state index contributed by atoms with van der Waals surface area (Å²) in [5.41, 5.74) is 0. The minimum Gasteiger partial charge on any atom is -0.316 e. The summed E-state index contributed by atoms with van der Waals surface area (Å²) in [7, 11) is -2.75. The molecule has 1 heterocycles. The van der Waals surface area contributed by atoms with Crippen LogP contribution in [0.5, 0.6) is 0 Å². The molecule has 1 fully saturated rings. The van der Waals surface area contributed by atoms with Crippen LogP contribution >= 0.6 is 11.8 Å². The summed E-state index contributed by atoms with van der Waals surface area (Å²) in [5.74, 6) is 3.34. The second-order valence-electron chi connectivity index (χ2n) is 3.75. The molecule has 3 nitrogen and oxygen atoms in total. The van der Waals surface area contributed by atoms with Gasteiger partial charge in [0.1, 0.15) is 0 Å². The zero-order valence-corrected chi connectivity index (χ0v) is 10.3. The van der Waals surface area contributed by atoms with Gasteiger partial charge < -0.3 is 5.32 Å². The van der Waals surface area contributed by atoms with E-state index in [-0.39, 0.29) is 0 Å². The summed E-state index contributed by atoms with van der Waals surface area (Å²) >= 11 is 1.77. The Bertz CT molecular complexity index is 248. The first-order valence-corrected chi connectivity index (χ1v) is 8.10. The first kappa shape index (κ1) is 12.3. The van der Waals surface area contributed by atoms with Gasteiger partial charge in [0.05, 0.1) is 5.75 Å². The van der Waals surface area contributed by atoms with Gasteiger partial charge in [-0.2, -0.15) is 11.8 Å². The van der Waals surface area contributed by atoms with Crippen LogP contribution in [0, 0.1) is 5.92 Å². The first-order chi connectivity index (χ1) is 6.64. The molecule has 1 aliphatic heterocycles. The molecule has 0 aromatic carbocycles. The average Bonchev–Trinajstić information content (AvgIpc) is 2.00. The van der Waals surface area contributed by atoms with Crippen molar-refractivity contribution in [1.82, 2.24) is 5.32 Å². The van der Waals surface area contributed by atoms with Gasteiger partial charge in [0.2, 0.25) is 0 Å². The molecule has 0 aromatic heterocycles. The fourth-order valence-corrected chi connectivity index (χ4v) is 4.36. The van der Waals surface area contributed by atoms with Crippen LogP contribution in [0.4, 0.5) is 0 Å². The van der Waals surface area contributed by atoms with Crippen LogP contribution in [0.25, 0.3) is 0 Å². The monoisotopic (exact) mass is 237 g/mol. The maximum absolute atomic E-state index is 11.3. The predicted molar refractivity (Wildman–Crippen MR) is 62.6 cm³/mol. The lowest BCUT2D eigenvalue weighted by atomic mass is 10.1. The minimum absolute atomic E-state index is 0.346. The van der Waals surface area contributed by atoms with Crippen LogP contribution in [-0.2, 0) is 9.84 Å². The molecule has 5 heteroatoms. The maximum Gasteiger partial charge on any atom is 0.151 e. The number of thioether (sulfide) groups is 1. The molecule has 1 N–H and O–H groups in total. The quantitative estimate of drug-likeness (QED) is 0.664. The topological polar surface area (TPSA) is 46.2 Å². The number of hydrogen-bond donors (Lipinski definition) is 1. The molecule has 1 aliphatic rings. The van der Waals surface area contributed by atoms with Crippen molar-refractivity contribution >= 4 is 21.6 Å². The van der Waals surface area contributed by atoms with E-state index in [9.17, 15) is 8.42 Å².